The minimum Gasteiger partial charge on any atom is -0.493 e. The summed E-state index contributed by atoms with van der Waals surface area (Å²) in [5, 5.41) is 12.7. The summed E-state index contributed by atoms with van der Waals surface area (Å²) >= 11 is 0. The molecule has 0 aromatic heterocycles. The maximum Gasteiger partial charge on any atom is 0.415 e. The third-order valence-corrected chi connectivity index (χ3v) is 11.7. The van der Waals surface area contributed by atoms with E-state index in [1.54, 1.807) is 7.11 Å². The number of benzene rings is 1. The zero-order valence-corrected chi connectivity index (χ0v) is 29.3. The largest absolute Gasteiger partial charge is 0.493 e. The quantitative estimate of drug-likeness (QED) is 0.193. The third kappa shape index (κ3) is 6.61. The highest BCUT2D eigenvalue weighted by molar-refractivity contribution is 5.99. The van der Waals surface area contributed by atoms with Crippen molar-refractivity contribution >= 4 is 29.5 Å². The Morgan fingerprint density at radius 2 is 1.98 bits per heavy atom. The van der Waals surface area contributed by atoms with E-state index in [1.165, 1.54) is 23.0 Å². The van der Waals surface area contributed by atoms with Gasteiger partial charge in [0.05, 0.1) is 25.5 Å². The van der Waals surface area contributed by atoms with E-state index in [0.717, 1.165) is 31.6 Å². The van der Waals surface area contributed by atoms with Crippen LogP contribution in [0.1, 0.15) is 75.8 Å². The molecule has 4 N–H and O–H groups in total. The van der Waals surface area contributed by atoms with Gasteiger partial charge >= 0.3 is 12.1 Å². The summed E-state index contributed by atoms with van der Waals surface area (Å²) in [5.74, 6) is -1.15. The molecular weight excluding hydrogens is 644 g/mol. The highest BCUT2D eigenvalue weighted by Gasteiger charge is 2.65. The van der Waals surface area contributed by atoms with Crippen molar-refractivity contribution in [3.05, 3.63) is 35.1 Å². The van der Waals surface area contributed by atoms with Gasteiger partial charge in [-0.2, -0.15) is 0 Å². The van der Waals surface area contributed by atoms with E-state index >= 15 is 0 Å². The Bertz CT molecular complexity index is 1560. The molecule has 2 aliphatic carbocycles. The van der Waals surface area contributed by atoms with Crippen molar-refractivity contribution in [2.45, 2.75) is 94.7 Å². The van der Waals surface area contributed by atoms with Crippen LogP contribution in [0.15, 0.2) is 24.0 Å². The number of likely N-dealkylation sites (N-methyl/N-ethyl adjacent to an activating group) is 1. The number of carbonyl (C=O) groups excluding carboxylic acids is 4. The highest BCUT2D eigenvalue weighted by atomic mass is 16.6. The van der Waals surface area contributed by atoms with Gasteiger partial charge in [-0.1, -0.05) is 12.5 Å². The lowest BCUT2D eigenvalue weighted by atomic mass is 9.53. The molecule has 0 radical (unpaired) electrons. The summed E-state index contributed by atoms with van der Waals surface area (Å²) in [6.45, 7) is 2.82. The number of hydrogen-bond acceptors (Lipinski definition) is 10. The average molecular weight is 695 g/mol. The van der Waals surface area contributed by atoms with Gasteiger partial charge in [-0.25, -0.2) is 4.79 Å². The van der Waals surface area contributed by atoms with E-state index in [4.69, 9.17) is 19.9 Å². The number of ether oxygens (including phenoxy) is 3. The normalized spacial score (nSPS) is 28.4. The first-order valence-corrected chi connectivity index (χ1v) is 18.0. The number of allylic oxidation sites excluding steroid dienone is 1. The Hall–Kier alpha value is -3.97. The van der Waals surface area contributed by atoms with E-state index < -0.39 is 36.0 Å². The minimum atomic E-state index is -0.958. The number of unbranched alkanes of at least 4 members (excludes halogenated alkanes) is 1. The number of likely N-dealkylation sites (tertiary alicyclic amines) is 2. The van der Waals surface area contributed by atoms with E-state index in [1.807, 2.05) is 12.1 Å². The van der Waals surface area contributed by atoms with Gasteiger partial charge in [-0.15, -0.1) is 0 Å². The molecule has 50 heavy (non-hydrogen) atoms. The van der Waals surface area contributed by atoms with Gasteiger partial charge in [0.2, 0.25) is 5.91 Å². The number of nitrogens with one attached hydrogen (secondary N) is 1. The number of carboxylic acid groups (broad SMARTS) is 1. The molecule has 5 unspecified atom stereocenters. The molecule has 1 aromatic rings. The number of nitrogens with zero attached hydrogens (tertiary/aromatic N) is 2. The van der Waals surface area contributed by atoms with Crippen molar-refractivity contribution < 1.29 is 43.3 Å². The van der Waals surface area contributed by atoms with Gasteiger partial charge < -0.3 is 40.2 Å². The number of aliphatic carboxylic acids is 1. The van der Waals surface area contributed by atoms with Gasteiger partial charge in [-0.05, 0) is 95.6 Å². The Balaban J connectivity index is 1.20. The van der Waals surface area contributed by atoms with Gasteiger partial charge in [0, 0.05) is 42.4 Å². The van der Waals surface area contributed by atoms with Gasteiger partial charge in [0.15, 0.2) is 17.6 Å². The summed E-state index contributed by atoms with van der Waals surface area (Å²) in [7, 11) is 3.80. The van der Waals surface area contributed by atoms with Crippen molar-refractivity contribution in [2.75, 3.05) is 40.3 Å². The van der Waals surface area contributed by atoms with E-state index in [-0.39, 0.29) is 67.6 Å². The first-order valence-electron chi connectivity index (χ1n) is 18.0. The predicted octanol–water partition coefficient (Wildman–Crippen LogP) is 2.96. The van der Waals surface area contributed by atoms with Gasteiger partial charge in [0.25, 0.3) is 0 Å². The van der Waals surface area contributed by atoms with Crippen molar-refractivity contribution in [1.82, 2.24) is 15.1 Å². The third-order valence-electron chi connectivity index (χ3n) is 11.7. The second-order valence-corrected chi connectivity index (χ2v) is 14.7. The van der Waals surface area contributed by atoms with E-state index in [2.05, 4.69) is 23.3 Å². The fourth-order valence-corrected chi connectivity index (χ4v) is 9.28. The molecule has 2 fully saturated rings. The maximum absolute atomic E-state index is 14.1. The van der Waals surface area contributed by atoms with Crippen LogP contribution < -0.4 is 20.5 Å². The number of ketones is 2. The molecule has 1 aromatic carbocycles. The molecule has 0 saturated carbocycles. The predicted molar refractivity (Wildman–Crippen MR) is 182 cm³/mol. The molecule has 2 saturated heterocycles. The molecular formula is C37H50N4O9. The van der Waals surface area contributed by atoms with Crippen LogP contribution in [-0.2, 0) is 35.8 Å². The van der Waals surface area contributed by atoms with Crippen molar-refractivity contribution in [3.63, 3.8) is 0 Å². The highest BCUT2D eigenvalue weighted by Crippen LogP contribution is 2.63. The molecule has 13 nitrogen and oxygen atoms in total. The molecule has 13 heteroatoms. The van der Waals surface area contributed by atoms with E-state index in [0.29, 0.717) is 43.4 Å². The zero-order valence-electron chi connectivity index (χ0n) is 29.3. The molecule has 3 heterocycles. The second kappa shape index (κ2) is 14.7. The lowest BCUT2D eigenvalue weighted by Gasteiger charge is -2.56. The Morgan fingerprint density at radius 3 is 2.70 bits per heavy atom. The molecule has 7 atom stereocenters. The van der Waals surface area contributed by atoms with Crippen LogP contribution in [0.2, 0.25) is 0 Å². The monoisotopic (exact) mass is 694 g/mol. The summed E-state index contributed by atoms with van der Waals surface area (Å²) in [4.78, 5) is 67.4. The van der Waals surface area contributed by atoms with Crippen LogP contribution in [-0.4, -0.2) is 103 Å². The average Bonchev–Trinajstić information content (AvgIpc) is 3.44. The Labute approximate surface area is 292 Å². The molecule has 272 valence electrons. The smallest absolute Gasteiger partial charge is 0.415 e. The summed E-state index contributed by atoms with van der Waals surface area (Å²) in [6, 6.07) is 3.76. The lowest BCUT2D eigenvalue weighted by molar-refractivity contribution is -0.144. The maximum atomic E-state index is 14.1. The van der Waals surface area contributed by atoms with Crippen LogP contribution >= 0.6 is 0 Å². The molecule has 1 spiro atoms. The fourth-order valence-electron chi connectivity index (χ4n) is 9.28. The molecule has 3 aliphatic heterocycles. The number of rotatable bonds is 14. The summed E-state index contributed by atoms with van der Waals surface area (Å²) in [6.07, 6.45) is 5.16. The summed E-state index contributed by atoms with van der Waals surface area (Å²) in [5.41, 5.74) is 7.69. The van der Waals surface area contributed by atoms with E-state index in [9.17, 15) is 29.1 Å². The van der Waals surface area contributed by atoms with Gasteiger partial charge in [-0.3, -0.25) is 19.2 Å². The zero-order chi connectivity index (χ0) is 35.7. The Kier molecular flexibility index (Phi) is 10.5. The lowest BCUT2D eigenvalue weighted by Crippen LogP contribution is -2.63. The SMILES string of the molecule is COc1ccc2c3c1OC1C(OC(=O)N4CCC(C(=O)O)CC4CNC(=O)[C@H](CCCCN)CC(=O)CC(C)=O)=CCC4C(C2)N(C)CC[C@]314. The molecule has 5 aliphatic rings. The van der Waals surface area contributed by atoms with Gasteiger partial charge in [0.1, 0.15) is 17.3 Å². The molecule has 6 rings (SSSR count). The number of carboxylic acids is 1. The Morgan fingerprint density at radius 1 is 1.18 bits per heavy atom. The first kappa shape index (κ1) is 35.8. The number of amides is 2. The standard InChI is InChI=1S/C37H50N4O9/c1-21(42)16-26(43)18-23(6-4-5-13-38)34(44)39-20-25-17-24(35(45)46)11-14-41(25)36(47)49-30-10-8-27-28-19-22-7-9-29(48-3)32-31(22)37(27,33(30)50-32)12-15-40(28)2/h7,9-10,23-25,27-28,33H,4-6,8,11-20,38H2,1-3H3,(H,39,44)(H,45,46)/t23-,24?,25?,27?,28?,33?,37+/m1/s1. The number of Topliss-reactive ketones (excluding diaryl/α,β-unsaturated/α-hetero) is 2. The van der Waals surface area contributed by atoms with Crippen LogP contribution in [0.3, 0.4) is 0 Å². The fraction of sp³-hybridized carbons (Fsp3) is 0.649. The topological polar surface area (TPSA) is 178 Å². The van der Waals surface area contributed by atoms with Crippen molar-refractivity contribution in [3.8, 4) is 11.5 Å². The molecule has 2 bridgehead atoms. The van der Waals surface area contributed by atoms with Crippen LogP contribution in [0.4, 0.5) is 4.79 Å². The van der Waals surface area contributed by atoms with Crippen LogP contribution in [0, 0.1) is 17.8 Å². The summed E-state index contributed by atoms with van der Waals surface area (Å²) < 4.78 is 18.7. The van der Waals surface area contributed by atoms with Crippen molar-refractivity contribution in [1.29, 1.82) is 0 Å². The van der Waals surface area contributed by atoms with Crippen LogP contribution in [0.25, 0.3) is 0 Å². The van der Waals surface area contributed by atoms with Crippen LogP contribution in [0.5, 0.6) is 11.5 Å². The number of methoxy groups -OCH3 is 1. The van der Waals surface area contributed by atoms with Crippen molar-refractivity contribution in [2.24, 2.45) is 23.5 Å². The number of hydrogen-bond donors (Lipinski definition) is 3. The minimum absolute atomic E-state index is 0.00297. The number of nitrogens with two attached hydrogens (primary N) is 1. The molecule has 2 amide bonds. The second-order valence-electron chi connectivity index (χ2n) is 14.7. The number of piperidine rings is 2. The first-order chi connectivity index (χ1) is 24.0. The number of carbonyl (C=O) groups is 5.